The molecule has 1 aromatic rings. The van der Waals surface area contributed by atoms with Crippen molar-refractivity contribution in [3.63, 3.8) is 0 Å². The summed E-state index contributed by atoms with van der Waals surface area (Å²) in [6.45, 7) is -0.312. The molecule has 0 bridgehead atoms. The molecule has 1 aromatic carbocycles. The molecule has 6 nitrogen and oxygen atoms in total. The lowest BCUT2D eigenvalue weighted by atomic mass is 10.2. The Kier molecular flexibility index (Phi) is 6.25. The molecule has 1 rings (SSSR count). The zero-order chi connectivity index (χ0) is 15.0. The summed E-state index contributed by atoms with van der Waals surface area (Å²) in [4.78, 5) is 22.5. The minimum atomic E-state index is -1.18. The number of carboxylic acids is 1. The zero-order valence-electron chi connectivity index (χ0n) is 11.1. The van der Waals surface area contributed by atoms with Crippen molar-refractivity contribution in [2.24, 2.45) is 0 Å². The molecule has 1 amide bonds. The predicted octanol–water partition coefficient (Wildman–Crippen LogP) is 0.660. The van der Waals surface area contributed by atoms with Crippen molar-refractivity contribution < 1.29 is 24.5 Å². The Labute approximate surface area is 116 Å². The number of amides is 1. The van der Waals surface area contributed by atoms with E-state index >= 15 is 0 Å². The number of methoxy groups -OCH3 is 1. The number of aliphatic carboxylic acids is 1. The van der Waals surface area contributed by atoms with Gasteiger partial charge in [-0.3, -0.25) is 4.79 Å². The highest BCUT2D eigenvalue weighted by Gasteiger charge is 2.17. The molecule has 0 aliphatic heterocycles. The number of benzene rings is 1. The van der Waals surface area contributed by atoms with Crippen molar-refractivity contribution >= 4 is 18.0 Å². The summed E-state index contributed by atoms with van der Waals surface area (Å²) in [6.07, 6.45) is 2.72. The van der Waals surface area contributed by atoms with E-state index in [0.29, 0.717) is 11.3 Å². The van der Waals surface area contributed by atoms with Crippen LogP contribution in [0.2, 0.25) is 0 Å². The van der Waals surface area contributed by atoms with E-state index in [4.69, 9.17) is 14.9 Å². The van der Waals surface area contributed by atoms with E-state index in [1.54, 1.807) is 24.3 Å². The second-order valence-electron chi connectivity index (χ2n) is 3.99. The van der Waals surface area contributed by atoms with Crippen LogP contribution in [0.1, 0.15) is 12.0 Å². The molecule has 108 valence electrons. The molecule has 0 heterocycles. The van der Waals surface area contributed by atoms with Crippen LogP contribution in [0.25, 0.3) is 6.08 Å². The maximum atomic E-state index is 11.6. The fraction of sp³-hybridized carbons (Fsp3) is 0.286. The van der Waals surface area contributed by atoms with Crippen LogP contribution in [-0.2, 0) is 9.59 Å². The Hall–Kier alpha value is -2.34. The average molecular weight is 279 g/mol. The van der Waals surface area contributed by atoms with Gasteiger partial charge in [0.2, 0.25) is 5.91 Å². The Morgan fingerprint density at radius 1 is 1.40 bits per heavy atom. The smallest absolute Gasteiger partial charge is 0.326 e. The first-order valence-electron chi connectivity index (χ1n) is 6.03. The number of aliphatic hydroxyl groups is 1. The van der Waals surface area contributed by atoms with Crippen molar-refractivity contribution in [2.45, 2.75) is 12.5 Å². The van der Waals surface area contributed by atoms with Crippen LogP contribution in [0, 0.1) is 0 Å². The lowest BCUT2D eigenvalue weighted by Gasteiger charge is -2.11. The Morgan fingerprint density at radius 3 is 2.70 bits per heavy atom. The number of ether oxygens (including phenoxy) is 1. The fourth-order valence-corrected chi connectivity index (χ4v) is 1.58. The number of carbonyl (C=O) groups is 2. The molecule has 0 aliphatic carbocycles. The molecule has 0 saturated heterocycles. The van der Waals surface area contributed by atoms with E-state index in [1.807, 2.05) is 0 Å². The first-order chi connectivity index (χ1) is 9.58. The molecule has 20 heavy (non-hydrogen) atoms. The highest BCUT2D eigenvalue weighted by molar-refractivity contribution is 5.94. The molecule has 0 unspecified atom stereocenters. The molecular formula is C14H17NO5. The fourth-order valence-electron chi connectivity index (χ4n) is 1.58. The molecule has 0 fully saturated rings. The van der Waals surface area contributed by atoms with Crippen LogP contribution in [0.4, 0.5) is 0 Å². The molecule has 0 saturated carbocycles. The molecule has 1 atom stereocenters. The number of carbonyl (C=O) groups excluding carboxylic acids is 1. The average Bonchev–Trinajstić information content (AvgIpc) is 2.44. The van der Waals surface area contributed by atoms with Gasteiger partial charge in [0.15, 0.2) is 0 Å². The zero-order valence-corrected chi connectivity index (χ0v) is 11.1. The maximum Gasteiger partial charge on any atom is 0.326 e. The van der Waals surface area contributed by atoms with Gasteiger partial charge in [-0.05, 0) is 12.1 Å². The van der Waals surface area contributed by atoms with E-state index in [1.165, 1.54) is 19.3 Å². The first-order valence-corrected chi connectivity index (χ1v) is 6.03. The third kappa shape index (κ3) is 4.74. The lowest BCUT2D eigenvalue weighted by Crippen LogP contribution is -2.40. The minimum absolute atomic E-state index is 0.0381. The SMILES string of the molecule is COc1ccccc1/C=C/C(=O)N[C@H](CCO)C(=O)O. The number of nitrogens with one attached hydrogen (secondary N) is 1. The van der Waals surface area contributed by atoms with E-state index in [0.717, 1.165) is 0 Å². The number of hydrogen-bond acceptors (Lipinski definition) is 4. The second-order valence-corrected chi connectivity index (χ2v) is 3.99. The van der Waals surface area contributed by atoms with Crippen molar-refractivity contribution in [2.75, 3.05) is 13.7 Å². The Bertz CT molecular complexity index is 498. The van der Waals surface area contributed by atoms with Gasteiger partial charge in [-0.1, -0.05) is 18.2 Å². The summed E-state index contributed by atoms with van der Waals surface area (Å²) in [5, 5.41) is 19.9. The lowest BCUT2D eigenvalue weighted by molar-refractivity contribution is -0.141. The van der Waals surface area contributed by atoms with Crippen molar-refractivity contribution in [3.8, 4) is 5.75 Å². The Morgan fingerprint density at radius 2 is 2.10 bits per heavy atom. The molecule has 0 aromatic heterocycles. The Balaban J connectivity index is 2.69. The number of para-hydroxylation sites is 1. The normalized spacial score (nSPS) is 12.1. The summed E-state index contributed by atoms with van der Waals surface area (Å²) in [5.41, 5.74) is 0.708. The number of carboxylic acid groups (broad SMARTS) is 1. The van der Waals surface area contributed by atoms with Crippen molar-refractivity contribution in [1.82, 2.24) is 5.32 Å². The molecule has 0 aliphatic rings. The summed E-state index contributed by atoms with van der Waals surface area (Å²) in [6, 6.07) is 6.02. The van der Waals surface area contributed by atoms with Crippen LogP contribution in [0.3, 0.4) is 0 Å². The molecule has 0 spiro atoms. The molecular weight excluding hydrogens is 262 g/mol. The van der Waals surface area contributed by atoms with Crippen LogP contribution in [0.15, 0.2) is 30.3 Å². The monoisotopic (exact) mass is 279 g/mol. The summed E-state index contributed by atoms with van der Waals surface area (Å²) in [7, 11) is 1.52. The highest BCUT2D eigenvalue weighted by atomic mass is 16.5. The van der Waals surface area contributed by atoms with Gasteiger partial charge < -0.3 is 20.3 Å². The molecule has 0 radical (unpaired) electrons. The number of hydrogen-bond donors (Lipinski definition) is 3. The van der Waals surface area contributed by atoms with Gasteiger partial charge in [0, 0.05) is 24.7 Å². The van der Waals surface area contributed by atoms with Gasteiger partial charge >= 0.3 is 5.97 Å². The largest absolute Gasteiger partial charge is 0.496 e. The highest BCUT2D eigenvalue weighted by Crippen LogP contribution is 2.18. The maximum absolute atomic E-state index is 11.6. The van der Waals surface area contributed by atoms with Crippen molar-refractivity contribution in [3.05, 3.63) is 35.9 Å². The van der Waals surface area contributed by atoms with E-state index in [-0.39, 0.29) is 13.0 Å². The first kappa shape index (κ1) is 15.7. The topological polar surface area (TPSA) is 95.9 Å². The van der Waals surface area contributed by atoms with Crippen LogP contribution in [-0.4, -0.2) is 41.8 Å². The van der Waals surface area contributed by atoms with Gasteiger partial charge in [-0.15, -0.1) is 0 Å². The van der Waals surface area contributed by atoms with E-state index in [9.17, 15) is 9.59 Å². The van der Waals surface area contributed by atoms with Gasteiger partial charge in [-0.2, -0.15) is 0 Å². The van der Waals surface area contributed by atoms with Gasteiger partial charge in [0.05, 0.1) is 7.11 Å². The third-order valence-electron chi connectivity index (χ3n) is 2.59. The van der Waals surface area contributed by atoms with Gasteiger partial charge in [0.25, 0.3) is 0 Å². The number of aliphatic hydroxyl groups excluding tert-OH is 1. The quantitative estimate of drug-likeness (QED) is 0.637. The van der Waals surface area contributed by atoms with Gasteiger partial charge in [0.1, 0.15) is 11.8 Å². The predicted molar refractivity (Wildman–Crippen MR) is 73.3 cm³/mol. The van der Waals surface area contributed by atoms with Crippen molar-refractivity contribution in [1.29, 1.82) is 0 Å². The summed E-state index contributed by atoms with van der Waals surface area (Å²) in [5.74, 6) is -1.11. The minimum Gasteiger partial charge on any atom is -0.496 e. The van der Waals surface area contributed by atoms with Gasteiger partial charge in [-0.25, -0.2) is 4.79 Å². The van der Waals surface area contributed by atoms with Crippen LogP contribution < -0.4 is 10.1 Å². The molecule has 3 N–H and O–H groups in total. The summed E-state index contributed by atoms with van der Waals surface area (Å²) < 4.78 is 5.13. The van der Waals surface area contributed by atoms with Crippen LogP contribution in [0.5, 0.6) is 5.75 Å². The standard InChI is InChI=1S/C14H17NO5/c1-20-12-5-3-2-4-10(12)6-7-13(17)15-11(8-9-16)14(18)19/h2-7,11,16H,8-9H2,1H3,(H,15,17)(H,18,19)/b7-6+/t11-/m1/s1. The van der Waals surface area contributed by atoms with Crippen LogP contribution >= 0.6 is 0 Å². The second kappa shape index (κ2) is 7.96. The summed E-state index contributed by atoms with van der Waals surface area (Å²) >= 11 is 0. The van der Waals surface area contributed by atoms with E-state index in [2.05, 4.69) is 5.32 Å². The van der Waals surface area contributed by atoms with E-state index < -0.39 is 17.9 Å². The molecule has 6 heteroatoms. The number of rotatable bonds is 7. The third-order valence-corrected chi connectivity index (χ3v) is 2.59.